The van der Waals surface area contributed by atoms with Crippen molar-refractivity contribution < 1.29 is 117 Å². The van der Waals surface area contributed by atoms with E-state index < -0.39 is 198 Å². The number of methoxy groups -OCH3 is 2. The number of nitrogens with zero attached hydrogens (tertiary/aromatic N) is 1. The summed E-state index contributed by atoms with van der Waals surface area (Å²) in [6.07, 6.45) is -11.4. The fourth-order valence-electron chi connectivity index (χ4n) is 18.3. The number of hydrogen-bond donors (Lipinski definition) is 15. The van der Waals surface area contributed by atoms with Crippen LogP contribution in [0.1, 0.15) is 149 Å². The molecule has 6 aromatic carbocycles. The van der Waals surface area contributed by atoms with Gasteiger partial charge in [0, 0.05) is 94.9 Å². The normalized spacial score (nSPS) is 27.2. The van der Waals surface area contributed by atoms with Gasteiger partial charge < -0.3 is 106 Å². The van der Waals surface area contributed by atoms with Crippen LogP contribution in [0.4, 0.5) is 10.5 Å². The van der Waals surface area contributed by atoms with Gasteiger partial charge in [-0.25, -0.2) is 4.79 Å². The number of ketones is 3. The van der Waals surface area contributed by atoms with Crippen LogP contribution in [0.25, 0.3) is 11.1 Å². The molecule has 7 amide bonds. The van der Waals surface area contributed by atoms with Gasteiger partial charge in [-0.2, -0.15) is 0 Å². The number of carbonyl (C=O) groups is 9. The number of imide groups is 1. The molecule has 16 rings (SSSR count). The molecule has 4 saturated carbocycles. The molecule has 122 heavy (non-hydrogen) atoms. The van der Waals surface area contributed by atoms with E-state index in [0.29, 0.717) is 56.9 Å². The summed E-state index contributed by atoms with van der Waals surface area (Å²) in [6, 6.07) is 12.2. The lowest BCUT2D eigenvalue weighted by atomic mass is 9.51. The van der Waals surface area contributed by atoms with E-state index >= 15 is 28.8 Å². The van der Waals surface area contributed by atoms with Gasteiger partial charge in [-0.05, 0) is 187 Å². The van der Waals surface area contributed by atoms with E-state index in [1.54, 1.807) is 33.3 Å². The number of hydrogen-bond acceptors (Lipinski definition) is 26. The van der Waals surface area contributed by atoms with Crippen LogP contribution in [0.3, 0.4) is 0 Å². The Labute approximate surface area is 713 Å². The van der Waals surface area contributed by atoms with Crippen molar-refractivity contribution in [1.29, 1.82) is 0 Å². The molecule has 0 radical (unpaired) electrons. The second kappa shape index (κ2) is 39.2. The maximum absolute atomic E-state index is 16.6. The highest BCUT2D eigenvalue weighted by Crippen LogP contribution is 2.58. The van der Waals surface area contributed by atoms with Gasteiger partial charge in [0.1, 0.15) is 102 Å². The number of aliphatic hydroxyl groups is 5. The van der Waals surface area contributed by atoms with Gasteiger partial charge in [-0.3, -0.25) is 48.6 Å². The zero-order valence-electron chi connectivity index (χ0n) is 68.0. The first-order valence-electron chi connectivity index (χ1n) is 41.2. The number of halogens is 2. The van der Waals surface area contributed by atoms with Crippen LogP contribution in [0.15, 0.2) is 103 Å². The molecule has 16 N–H and O–H groups in total. The van der Waals surface area contributed by atoms with Crippen LogP contribution in [0.2, 0.25) is 10.0 Å². The maximum atomic E-state index is 16.6. The molecule has 1 saturated heterocycles. The molecule has 6 aliphatic heterocycles. The summed E-state index contributed by atoms with van der Waals surface area (Å²) in [5.41, 5.74) is 4.62. The van der Waals surface area contributed by atoms with E-state index in [1.807, 2.05) is 13.8 Å². The molecule has 0 spiro atoms. The zero-order chi connectivity index (χ0) is 87.2. The number of nitrogens with one attached hydrogen (secondary N) is 6. The molecular weight excluding hydrogens is 1620 g/mol. The number of benzene rings is 6. The second-order valence-corrected chi connectivity index (χ2v) is 34.1. The van der Waals surface area contributed by atoms with Crippen LogP contribution < -0.4 is 56.6 Å². The molecule has 4 aliphatic carbocycles. The van der Waals surface area contributed by atoms with Gasteiger partial charge in [0.2, 0.25) is 41.6 Å². The number of phenolic OH excluding ortho intramolecular Hbond substituents is 3. The molecule has 6 heterocycles. The largest absolute Gasteiger partial charge is 0.508 e. The van der Waals surface area contributed by atoms with Crippen molar-refractivity contribution in [3.8, 4) is 62.9 Å². The Kier molecular flexibility index (Phi) is 28.8. The monoisotopic (exact) mass is 1730 g/mol. The number of fused-ring (bicyclic) bond motifs is 15. The van der Waals surface area contributed by atoms with Crippen molar-refractivity contribution in [3.63, 3.8) is 0 Å². The van der Waals surface area contributed by atoms with Gasteiger partial charge in [-0.15, -0.1) is 0 Å². The molecule has 14 atom stereocenters. The molecule has 34 heteroatoms. The number of urea groups is 1. The average Bonchev–Trinajstić information content (AvgIpc) is 0.764. The highest BCUT2D eigenvalue weighted by Gasteiger charge is 2.51. The predicted octanol–water partition coefficient (Wildman–Crippen LogP) is 8.03. The summed E-state index contributed by atoms with van der Waals surface area (Å²) in [6.45, 7) is 8.07. The lowest BCUT2D eigenvalue weighted by molar-refractivity contribution is -0.270. The van der Waals surface area contributed by atoms with E-state index in [9.17, 15) is 55.2 Å². The number of amides is 7. The zero-order valence-corrected chi connectivity index (χ0v) is 69.5. The molecule has 0 unspecified atom stereocenters. The fourth-order valence-corrected chi connectivity index (χ4v) is 18.8. The summed E-state index contributed by atoms with van der Waals surface area (Å²) in [4.78, 5) is 141. The molecule has 5 fully saturated rings. The highest BCUT2D eigenvalue weighted by molar-refractivity contribution is 6.32. The van der Waals surface area contributed by atoms with Gasteiger partial charge in [-0.1, -0.05) is 62.2 Å². The van der Waals surface area contributed by atoms with Crippen molar-refractivity contribution >= 4 is 81.8 Å². The van der Waals surface area contributed by atoms with Gasteiger partial charge in [0.25, 0.3) is 0 Å². The molecule has 32 nitrogen and oxygen atoms in total. The number of phenols is 3. The number of anilines is 1. The molecule has 0 aromatic heterocycles. The third-order valence-electron chi connectivity index (χ3n) is 24.5. The summed E-state index contributed by atoms with van der Waals surface area (Å²) < 4.78 is 42.3. The number of aromatic hydroxyl groups is 3. The van der Waals surface area contributed by atoms with E-state index in [4.69, 9.17) is 62.1 Å². The number of ether oxygens (including phenoxy) is 7. The quantitative estimate of drug-likeness (QED) is 0.0272. The van der Waals surface area contributed by atoms with E-state index in [1.165, 1.54) is 60.7 Å². The predicted molar refractivity (Wildman–Crippen MR) is 441 cm³/mol. The van der Waals surface area contributed by atoms with Crippen LogP contribution in [-0.4, -0.2) is 202 Å². The maximum Gasteiger partial charge on any atom is 0.325 e. The lowest BCUT2D eigenvalue weighted by Crippen LogP contribution is -2.60. The van der Waals surface area contributed by atoms with Gasteiger partial charge in [0.05, 0.1) is 35.1 Å². The van der Waals surface area contributed by atoms with Crippen molar-refractivity contribution in [2.75, 3.05) is 65.5 Å². The minimum Gasteiger partial charge on any atom is -0.508 e. The first-order chi connectivity index (χ1) is 58.4. The lowest BCUT2D eigenvalue weighted by Gasteiger charge is -2.54. The molecule has 654 valence electrons. The number of rotatable bonds is 24. The Bertz CT molecular complexity index is 4860. The Morgan fingerprint density at radius 1 is 0.639 bits per heavy atom. The molecule has 15 bridgehead atoms. The number of carbonyl (C=O) groups excluding carboxylic acids is 9. The Morgan fingerprint density at radius 3 is 1.87 bits per heavy atom. The third kappa shape index (κ3) is 20.4. The first kappa shape index (κ1) is 89.7. The van der Waals surface area contributed by atoms with Crippen molar-refractivity contribution in [1.82, 2.24) is 31.5 Å². The summed E-state index contributed by atoms with van der Waals surface area (Å²) >= 11 is 14.4. The molecule has 6 aromatic rings. The van der Waals surface area contributed by atoms with Crippen molar-refractivity contribution in [2.45, 2.75) is 164 Å². The van der Waals surface area contributed by atoms with Crippen LogP contribution in [-0.2, 0) is 52.6 Å². The average molecular weight is 1730 g/mol. The van der Waals surface area contributed by atoms with E-state index in [-0.39, 0.29) is 109 Å². The van der Waals surface area contributed by atoms with Crippen LogP contribution >= 0.6 is 23.2 Å². The van der Waals surface area contributed by atoms with Crippen LogP contribution in [0.5, 0.6) is 51.7 Å². The first-order valence-corrected chi connectivity index (χ1v) is 41.9. The minimum absolute atomic E-state index is 0.0440. The number of nitrogens with two attached hydrogens (primary N) is 1. The third-order valence-corrected chi connectivity index (χ3v) is 25.1. The van der Waals surface area contributed by atoms with Gasteiger partial charge in [0.15, 0.2) is 28.8 Å². The highest BCUT2D eigenvalue weighted by atomic mass is 35.5. The van der Waals surface area contributed by atoms with Gasteiger partial charge >= 0.3 is 6.03 Å². The second-order valence-electron chi connectivity index (χ2n) is 33.2. The van der Waals surface area contributed by atoms with E-state index in [2.05, 4.69) is 36.8 Å². The summed E-state index contributed by atoms with van der Waals surface area (Å²) in [7, 11) is 3.20. The fraction of sp³-hybridized carbons (Fsp3) is 0.489. The summed E-state index contributed by atoms with van der Waals surface area (Å²) in [5.74, 6) is -15.5. The number of Topliss-reactive ketones (excluding diaryl/α,β-unsaturated/α-hetero) is 3. The number of aliphatic hydroxyl groups excluding tert-OH is 5. The van der Waals surface area contributed by atoms with Crippen molar-refractivity contribution in [2.24, 2.45) is 53.1 Å². The Hall–Kier alpha value is -10.1. The minimum atomic E-state index is -2.22. The SMILES string of the molecule is CC[C@H](CC(C)C)C(=O)N[C@H]1C(=O)C[C@@H](CC(=O)NC(=O)Nc2ccc(OCCN(CCOC)CCOC)cc2)C(=O)N[C@H]2C(=O)C[C@H]3C(=O)N[C@H](C(=O)N[C@H](C(=O)CC4C5CC6CC(C5)CC4C6)c4cc(O)cc(O)c4-c4cc3ccc4O)[C@H](O)c3ccc(c(Cl)c3)Oc3cc2cc(c3O[C@@H]2O[C@H](CN)[C@@H](O)[C@H](O)[C@H]2O)Oc2ccc(cc2Cl)[C@H]1O. The molecular formula is C88H104Cl2N8O24. The Balaban J connectivity index is 0.950. The Morgan fingerprint density at radius 2 is 1.26 bits per heavy atom. The van der Waals surface area contributed by atoms with Crippen LogP contribution in [0, 0.1) is 47.3 Å². The van der Waals surface area contributed by atoms with Crippen molar-refractivity contribution in [3.05, 3.63) is 141 Å². The van der Waals surface area contributed by atoms with E-state index in [0.717, 1.165) is 62.4 Å². The smallest absolute Gasteiger partial charge is 0.325 e. The summed E-state index contributed by atoms with van der Waals surface area (Å²) in [5, 5.41) is 110. The molecule has 10 aliphatic rings. The topological polar surface area (TPSA) is 482 Å². The standard InChI is InChI=1S/C88H104Cl2N8O24/c1-6-44(23-41(2)3)83(111)96-75-63(102)32-51(35-71(105)93-88(115)92-52-10-12-54(13-11-52)118-22-19-98(17-20-116-4)18-21-117-5)84(112)94-73-50-33-68(119-66-15-8-46(77(75)106)30-59(66)89)82(122-87-81(110)80(109)79(108)70(40-91)121-87)69(34-50)120-67-16-9-47(31-60(67)90)78(107)76-86(114)95-74(65(104)38-55-48-25-42-24-43(27-48)28-49(55)26-42)58-36-53(99)37-62(101)72(58)57-29-45(7-14-61(57)100)56(39-64(73)103)85(113)97-76/h7-16,29-31,33-34,36-37,41-44,48-49,51,55-56,70,73-81,87,99-101,106-110H,6,17-28,32,35,38-40,91H2,1-5H3,(H,94,112)(H,95,114)(H,96,111)(H,97,113)(H2,92,93,105,115)/t42?,43?,44-,48?,49?,51+,55?,56-,70-,73-,74+,75+,76+,77-,78-,79-,80+,81-,87+/m1/s1.